The lowest BCUT2D eigenvalue weighted by atomic mass is 10.1. The number of nitrogen functional groups attached to an aromatic ring is 1. The first kappa shape index (κ1) is 14.1. The van der Waals surface area contributed by atoms with Gasteiger partial charge in [-0.05, 0) is 43.5 Å². The molecule has 0 saturated carbocycles. The summed E-state index contributed by atoms with van der Waals surface area (Å²) in [5.74, 6) is 0.648. The van der Waals surface area contributed by atoms with Gasteiger partial charge in [0.2, 0.25) is 0 Å². The third-order valence-corrected chi connectivity index (χ3v) is 3.13. The van der Waals surface area contributed by atoms with Crippen molar-refractivity contribution in [3.63, 3.8) is 0 Å². The summed E-state index contributed by atoms with van der Waals surface area (Å²) in [5, 5.41) is 0. The van der Waals surface area contributed by atoms with Crippen LogP contribution >= 0.6 is 0 Å². The molecule has 3 nitrogen and oxygen atoms in total. The van der Waals surface area contributed by atoms with Gasteiger partial charge in [0.1, 0.15) is 5.75 Å². The number of hydrogen-bond donors (Lipinski definition) is 1. The summed E-state index contributed by atoms with van der Waals surface area (Å²) in [4.78, 5) is 11.4. The standard InChI is InChI=1S/C17H19NO2/c1-13(19)16-12-15(9-10-17(16)18)20-11-5-8-14-6-3-2-4-7-14/h2-4,6-7,9-10,12H,5,8,11,18H2,1H3. The average Bonchev–Trinajstić information content (AvgIpc) is 2.46. The minimum Gasteiger partial charge on any atom is -0.494 e. The molecule has 0 radical (unpaired) electrons. The second kappa shape index (κ2) is 6.75. The summed E-state index contributed by atoms with van der Waals surface area (Å²) >= 11 is 0. The number of ketones is 1. The van der Waals surface area contributed by atoms with Gasteiger partial charge in [-0.15, -0.1) is 0 Å². The van der Waals surface area contributed by atoms with Crippen molar-refractivity contribution in [2.75, 3.05) is 12.3 Å². The summed E-state index contributed by atoms with van der Waals surface area (Å²) in [6.07, 6.45) is 1.92. The molecule has 0 aliphatic heterocycles. The van der Waals surface area contributed by atoms with Crippen LogP contribution in [0.2, 0.25) is 0 Å². The molecule has 0 amide bonds. The first-order valence-electron chi connectivity index (χ1n) is 6.74. The van der Waals surface area contributed by atoms with Gasteiger partial charge >= 0.3 is 0 Å². The van der Waals surface area contributed by atoms with Crippen LogP contribution in [0.3, 0.4) is 0 Å². The minimum atomic E-state index is -0.0442. The van der Waals surface area contributed by atoms with E-state index in [1.165, 1.54) is 12.5 Å². The lowest BCUT2D eigenvalue weighted by Crippen LogP contribution is -2.03. The number of carbonyl (C=O) groups excluding carboxylic acids is 1. The summed E-state index contributed by atoms with van der Waals surface area (Å²) < 4.78 is 5.67. The SMILES string of the molecule is CC(=O)c1cc(OCCCc2ccccc2)ccc1N. The zero-order valence-electron chi connectivity index (χ0n) is 11.6. The molecule has 0 aromatic heterocycles. The largest absolute Gasteiger partial charge is 0.494 e. The van der Waals surface area contributed by atoms with Crippen molar-refractivity contribution in [1.29, 1.82) is 0 Å². The summed E-state index contributed by atoms with van der Waals surface area (Å²) in [7, 11) is 0. The zero-order chi connectivity index (χ0) is 14.4. The molecule has 0 aliphatic rings. The highest BCUT2D eigenvalue weighted by Gasteiger charge is 2.06. The monoisotopic (exact) mass is 269 g/mol. The predicted octanol–water partition coefficient (Wildman–Crippen LogP) is 3.48. The molecule has 2 N–H and O–H groups in total. The van der Waals surface area contributed by atoms with Crippen LogP contribution in [0.5, 0.6) is 5.75 Å². The average molecular weight is 269 g/mol. The Morgan fingerprint density at radius 2 is 1.90 bits per heavy atom. The highest BCUT2D eigenvalue weighted by atomic mass is 16.5. The number of Topliss-reactive ketones (excluding diaryl/α,β-unsaturated/α-hetero) is 1. The van der Waals surface area contributed by atoms with E-state index in [1.54, 1.807) is 18.2 Å². The number of rotatable bonds is 6. The molecule has 2 aromatic rings. The van der Waals surface area contributed by atoms with Crippen molar-refractivity contribution >= 4 is 11.5 Å². The van der Waals surface area contributed by atoms with Gasteiger partial charge in [-0.1, -0.05) is 30.3 Å². The van der Waals surface area contributed by atoms with Crippen molar-refractivity contribution in [3.05, 3.63) is 59.7 Å². The zero-order valence-corrected chi connectivity index (χ0v) is 11.6. The molecule has 0 bridgehead atoms. The van der Waals surface area contributed by atoms with E-state index in [1.807, 2.05) is 18.2 Å². The van der Waals surface area contributed by atoms with Crippen molar-refractivity contribution < 1.29 is 9.53 Å². The number of carbonyl (C=O) groups is 1. The Balaban J connectivity index is 1.85. The Bertz CT molecular complexity index is 579. The highest BCUT2D eigenvalue weighted by molar-refractivity contribution is 5.99. The Hall–Kier alpha value is -2.29. The Kier molecular flexibility index (Phi) is 4.77. The highest BCUT2D eigenvalue weighted by Crippen LogP contribution is 2.20. The molecule has 0 saturated heterocycles. The molecule has 2 rings (SSSR count). The molecule has 20 heavy (non-hydrogen) atoms. The van der Waals surface area contributed by atoms with Gasteiger partial charge in [0.05, 0.1) is 6.61 Å². The van der Waals surface area contributed by atoms with Crippen molar-refractivity contribution in [3.8, 4) is 5.75 Å². The summed E-state index contributed by atoms with van der Waals surface area (Å²) in [6.45, 7) is 2.13. The van der Waals surface area contributed by atoms with Crippen molar-refractivity contribution in [2.45, 2.75) is 19.8 Å². The topological polar surface area (TPSA) is 52.3 Å². The Labute approximate surface area is 119 Å². The number of anilines is 1. The van der Waals surface area contributed by atoms with Crippen LogP contribution in [0.15, 0.2) is 48.5 Å². The molecular formula is C17H19NO2. The Morgan fingerprint density at radius 1 is 1.15 bits per heavy atom. The van der Waals surface area contributed by atoms with Crippen LogP contribution in [0, 0.1) is 0 Å². The number of nitrogens with two attached hydrogens (primary N) is 1. The van der Waals surface area contributed by atoms with E-state index >= 15 is 0 Å². The Morgan fingerprint density at radius 3 is 2.60 bits per heavy atom. The van der Waals surface area contributed by atoms with E-state index < -0.39 is 0 Å². The lowest BCUT2D eigenvalue weighted by Gasteiger charge is -2.09. The van der Waals surface area contributed by atoms with Crippen LogP contribution in [-0.4, -0.2) is 12.4 Å². The van der Waals surface area contributed by atoms with Gasteiger partial charge in [0, 0.05) is 11.3 Å². The van der Waals surface area contributed by atoms with E-state index in [4.69, 9.17) is 10.5 Å². The minimum absolute atomic E-state index is 0.0442. The fourth-order valence-corrected chi connectivity index (χ4v) is 2.04. The molecular weight excluding hydrogens is 250 g/mol. The van der Waals surface area contributed by atoms with Gasteiger partial charge in [0.25, 0.3) is 0 Å². The van der Waals surface area contributed by atoms with Crippen LogP contribution in [-0.2, 0) is 6.42 Å². The van der Waals surface area contributed by atoms with Crippen LogP contribution in [0.4, 0.5) is 5.69 Å². The number of aryl methyl sites for hydroxylation is 1. The molecule has 0 heterocycles. The van der Waals surface area contributed by atoms with Crippen molar-refractivity contribution in [2.24, 2.45) is 0 Å². The lowest BCUT2D eigenvalue weighted by molar-refractivity contribution is 0.101. The van der Waals surface area contributed by atoms with Crippen molar-refractivity contribution in [1.82, 2.24) is 0 Å². The van der Waals surface area contributed by atoms with Crippen LogP contribution in [0.25, 0.3) is 0 Å². The quantitative estimate of drug-likeness (QED) is 0.496. The van der Waals surface area contributed by atoms with Gasteiger partial charge in [-0.25, -0.2) is 0 Å². The second-order valence-corrected chi connectivity index (χ2v) is 4.74. The first-order valence-corrected chi connectivity index (χ1v) is 6.74. The summed E-state index contributed by atoms with van der Waals surface area (Å²) in [5.41, 5.74) is 8.06. The molecule has 2 aromatic carbocycles. The van der Waals surface area contributed by atoms with Crippen LogP contribution < -0.4 is 10.5 Å². The molecule has 104 valence electrons. The van der Waals surface area contributed by atoms with E-state index in [0.29, 0.717) is 23.6 Å². The van der Waals surface area contributed by atoms with E-state index in [-0.39, 0.29) is 5.78 Å². The fraction of sp³-hybridized carbons (Fsp3) is 0.235. The summed E-state index contributed by atoms with van der Waals surface area (Å²) in [6, 6.07) is 15.5. The number of hydrogen-bond acceptors (Lipinski definition) is 3. The molecule has 0 unspecified atom stereocenters. The van der Waals surface area contributed by atoms with Gasteiger partial charge in [-0.3, -0.25) is 4.79 Å². The molecule has 3 heteroatoms. The van der Waals surface area contributed by atoms with Gasteiger partial charge in [0.15, 0.2) is 5.78 Å². The molecule has 0 aliphatic carbocycles. The molecule has 0 atom stereocenters. The second-order valence-electron chi connectivity index (χ2n) is 4.74. The maximum atomic E-state index is 11.4. The fourth-order valence-electron chi connectivity index (χ4n) is 2.04. The van der Waals surface area contributed by atoms with Crippen LogP contribution in [0.1, 0.15) is 29.3 Å². The van der Waals surface area contributed by atoms with E-state index in [0.717, 1.165) is 12.8 Å². The number of benzene rings is 2. The third kappa shape index (κ3) is 3.85. The third-order valence-electron chi connectivity index (χ3n) is 3.13. The number of ether oxygens (including phenoxy) is 1. The van der Waals surface area contributed by atoms with Gasteiger partial charge < -0.3 is 10.5 Å². The normalized spacial score (nSPS) is 10.2. The van der Waals surface area contributed by atoms with E-state index in [9.17, 15) is 4.79 Å². The molecule has 0 fully saturated rings. The van der Waals surface area contributed by atoms with Gasteiger partial charge in [-0.2, -0.15) is 0 Å². The maximum absolute atomic E-state index is 11.4. The predicted molar refractivity (Wildman–Crippen MR) is 81.1 cm³/mol. The maximum Gasteiger partial charge on any atom is 0.162 e. The molecule has 0 spiro atoms. The first-order chi connectivity index (χ1) is 9.66. The van der Waals surface area contributed by atoms with E-state index in [2.05, 4.69) is 12.1 Å². The smallest absolute Gasteiger partial charge is 0.162 e.